The summed E-state index contributed by atoms with van der Waals surface area (Å²) in [6, 6.07) is 12.6. The number of unbranched alkanes of at least 4 members (excludes halogenated alkanes) is 2. The lowest BCUT2D eigenvalue weighted by molar-refractivity contribution is -0.137. The average molecular weight is 950 g/mol. The Morgan fingerprint density at radius 2 is 1.67 bits per heavy atom. The highest BCUT2D eigenvalue weighted by Gasteiger charge is 2.39. The standard InChI is InChI=1S/C50H61ClN10O5S/c1-31-32(2)67-50-45(31)46(35-10-12-37(51)13-11-35)53-40(47-56-55-33(3)61(47)50)29-43(63)52-20-6-4-5-9-44(64)59-26-24-57(25-27-59)21-7-8-34-18-22-58(23-19-34)38-14-15-39-36(28-38)30-60(49(39)66)41-16-17-42(62)54-48(41)65/h10-15,28,34,40-41H,4-9,16-27,29-30H2,1-3H3,(H,52,63)(H,54,62,65)/t40-,41?/m0/s1. The van der Waals surface area contributed by atoms with Crippen molar-refractivity contribution in [2.45, 2.75) is 110 Å². The van der Waals surface area contributed by atoms with Crippen molar-refractivity contribution in [2.24, 2.45) is 10.9 Å². The Hall–Kier alpha value is -5.45. The largest absolute Gasteiger partial charge is 0.372 e. The zero-order valence-electron chi connectivity index (χ0n) is 38.8. The van der Waals surface area contributed by atoms with Crippen LogP contribution in [0.25, 0.3) is 5.00 Å². The molecule has 2 aromatic carbocycles. The molecule has 0 bridgehead atoms. The molecule has 0 saturated carbocycles. The Morgan fingerprint density at radius 1 is 0.896 bits per heavy atom. The van der Waals surface area contributed by atoms with Crippen molar-refractivity contribution in [2.75, 3.05) is 57.3 Å². The van der Waals surface area contributed by atoms with Gasteiger partial charge in [-0.15, -0.1) is 21.5 Å². The molecule has 4 aromatic rings. The van der Waals surface area contributed by atoms with Gasteiger partial charge in [-0.05, 0) is 120 Å². The quantitative estimate of drug-likeness (QED) is 0.100. The molecule has 5 amide bonds. The van der Waals surface area contributed by atoms with E-state index in [4.69, 9.17) is 16.6 Å². The van der Waals surface area contributed by atoms with E-state index >= 15 is 0 Å². The first-order valence-corrected chi connectivity index (χ1v) is 25.3. The molecule has 3 fully saturated rings. The number of carbonyl (C=O) groups excluding carboxylic acids is 5. The highest BCUT2D eigenvalue weighted by atomic mass is 35.5. The average Bonchev–Trinajstić information content (AvgIpc) is 3.94. The number of benzene rings is 2. The number of carbonyl (C=O) groups is 5. The lowest BCUT2D eigenvalue weighted by atomic mass is 9.91. The van der Waals surface area contributed by atoms with Crippen LogP contribution < -0.4 is 15.5 Å². The molecule has 2 aromatic heterocycles. The van der Waals surface area contributed by atoms with Gasteiger partial charge in [-0.2, -0.15) is 0 Å². The number of rotatable bonds is 15. The summed E-state index contributed by atoms with van der Waals surface area (Å²) in [5, 5.41) is 16.1. The summed E-state index contributed by atoms with van der Waals surface area (Å²) in [4.78, 5) is 78.7. The van der Waals surface area contributed by atoms with Crippen LogP contribution in [0.3, 0.4) is 0 Å². The van der Waals surface area contributed by atoms with Crippen LogP contribution in [0.4, 0.5) is 5.69 Å². The highest BCUT2D eigenvalue weighted by Crippen LogP contribution is 2.40. The van der Waals surface area contributed by atoms with Gasteiger partial charge in [0.1, 0.15) is 22.9 Å². The number of anilines is 1. The Kier molecular flexibility index (Phi) is 14.2. The zero-order valence-corrected chi connectivity index (χ0v) is 40.4. The number of halogens is 1. The molecule has 15 nitrogen and oxygen atoms in total. The number of nitrogens with one attached hydrogen (secondary N) is 2. The van der Waals surface area contributed by atoms with Gasteiger partial charge in [-0.3, -0.25) is 43.7 Å². The minimum atomic E-state index is -0.598. The van der Waals surface area contributed by atoms with Gasteiger partial charge in [-0.1, -0.05) is 30.2 Å². The third kappa shape index (κ3) is 10.2. The topological polar surface area (TPSA) is 165 Å². The SMILES string of the molecule is Cc1sc2c(c1C)C(c1ccc(Cl)cc1)=N[C@@H](CC(=O)NCCCCCC(=O)N1CCN(CCCC3CCN(c4ccc5c(c4)CN(C4CCC(=O)NC4=O)C5=O)CC3)CC1)c1nnc(C)n1-2. The maximum atomic E-state index is 13.4. The molecular weight excluding hydrogens is 888 g/mol. The van der Waals surface area contributed by atoms with Gasteiger partial charge in [0.05, 0.1) is 12.1 Å². The molecule has 0 radical (unpaired) electrons. The second kappa shape index (κ2) is 20.4. The van der Waals surface area contributed by atoms with Crippen LogP contribution >= 0.6 is 22.9 Å². The first-order chi connectivity index (χ1) is 32.4. The fraction of sp³-hybridized carbons (Fsp3) is 0.520. The van der Waals surface area contributed by atoms with Gasteiger partial charge in [0, 0.05) is 97.5 Å². The molecule has 1 unspecified atom stereocenters. The number of piperazine rings is 1. The van der Waals surface area contributed by atoms with Crippen LogP contribution in [0.5, 0.6) is 0 Å². The van der Waals surface area contributed by atoms with E-state index in [2.05, 4.69) is 55.1 Å². The Labute approximate surface area is 401 Å². The van der Waals surface area contributed by atoms with Crippen molar-refractivity contribution >= 4 is 63.9 Å². The van der Waals surface area contributed by atoms with Crippen LogP contribution in [-0.2, 0) is 25.7 Å². The van der Waals surface area contributed by atoms with Gasteiger partial charge in [0.25, 0.3) is 5.91 Å². The number of aryl methyl sites for hydroxylation is 2. The molecule has 2 N–H and O–H groups in total. The van der Waals surface area contributed by atoms with Crippen molar-refractivity contribution in [3.63, 3.8) is 0 Å². The molecule has 3 saturated heterocycles. The van der Waals surface area contributed by atoms with Crippen molar-refractivity contribution in [3.8, 4) is 5.00 Å². The van der Waals surface area contributed by atoms with Crippen LogP contribution in [0.2, 0.25) is 5.02 Å². The number of imide groups is 1. The van der Waals surface area contributed by atoms with E-state index in [-0.39, 0.29) is 42.4 Å². The molecule has 354 valence electrons. The van der Waals surface area contributed by atoms with Crippen molar-refractivity contribution < 1.29 is 24.0 Å². The first kappa shape index (κ1) is 46.7. The number of aliphatic imine (C=N–C) groups is 1. The maximum absolute atomic E-state index is 13.4. The molecule has 7 heterocycles. The Bertz CT molecular complexity index is 2560. The van der Waals surface area contributed by atoms with Gasteiger partial charge < -0.3 is 20.0 Å². The zero-order chi connectivity index (χ0) is 46.8. The van der Waals surface area contributed by atoms with Crippen molar-refractivity contribution in [3.05, 3.63) is 91.8 Å². The summed E-state index contributed by atoms with van der Waals surface area (Å²) in [5.41, 5.74) is 6.67. The van der Waals surface area contributed by atoms with E-state index in [1.165, 1.54) is 11.3 Å². The van der Waals surface area contributed by atoms with Crippen LogP contribution in [0.1, 0.15) is 126 Å². The number of hydrogen-bond acceptors (Lipinski definition) is 11. The van der Waals surface area contributed by atoms with Crippen LogP contribution in [0.15, 0.2) is 47.5 Å². The second-order valence-corrected chi connectivity index (χ2v) is 20.4. The van der Waals surface area contributed by atoms with Gasteiger partial charge >= 0.3 is 0 Å². The Balaban J connectivity index is 0.652. The molecule has 5 aliphatic rings. The van der Waals surface area contributed by atoms with E-state index in [0.717, 1.165) is 129 Å². The minimum Gasteiger partial charge on any atom is -0.372 e. The third-order valence-corrected chi connectivity index (χ3v) is 15.9. The van der Waals surface area contributed by atoms with Gasteiger partial charge in [0.15, 0.2) is 5.82 Å². The number of fused-ring (bicyclic) bond motifs is 4. The molecule has 0 aliphatic carbocycles. The van der Waals surface area contributed by atoms with E-state index in [9.17, 15) is 24.0 Å². The summed E-state index contributed by atoms with van der Waals surface area (Å²) in [6.07, 6.45) is 8.37. The second-order valence-electron chi connectivity index (χ2n) is 18.8. The molecule has 5 aliphatic heterocycles. The molecular formula is C50H61ClN10O5S. The lowest BCUT2D eigenvalue weighted by Gasteiger charge is -2.36. The summed E-state index contributed by atoms with van der Waals surface area (Å²) < 4.78 is 2.06. The molecule has 0 spiro atoms. The molecule has 2 atom stereocenters. The molecule has 17 heteroatoms. The number of piperidine rings is 2. The predicted molar refractivity (Wildman–Crippen MR) is 259 cm³/mol. The van der Waals surface area contributed by atoms with E-state index in [0.29, 0.717) is 48.3 Å². The lowest BCUT2D eigenvalue weighted by Crippen LogP contribution is -2.52. The maximum Gasteiger partial charge on any atom is 0.255 e. The normalized spacial score (nSPS) is 20.0. The van der Waals surface area contributed by atoms with E-state index in [1.54, 1.807) is 16.2 Å². The number of aromatic nitrogens is 3. The van der Waals surface area contributed by atoms with E-state index < -0.39 is 12.1 Å². The number of nitrogens with zero attached hydrogens (tertiary/aromatic N) is 8. The van der Waals surface area contributed by atoms with Crippen LogP contribution in [-0.4, -0.2) is 123 Å². The Morgan fingerprint density at radius 3 is 2.43 bits per heavy atom. The van der Waals surface area contributed by atoms with Crippen molar-refractivity contribution in [1.82, 2.24) is 40.1 Å². The van der Waals surface area contributed by atoms with Crippen LogP contribution in [0, 0.1) is 26.7 Å². The summed E-state index contributed by atoms with van der Waals surface area (Å²) in [7, 11) is 0. The van der Waals surface area contributed by atoms with Gasteiger partial charge in [-0.25, -0.2) is 0 Å². The number of hydrogen-bond donors (Lipinski definition) is 2. The summed E-state index contributed by atoms with van der Waals surface area (Å²) >= 11 is 7.94. The minimum absolute atomic E-state index is 0.0935. The predicted octanol–water partition coefficient (Wildman–Crippen LogP) is 6.47. The molecule has 9 rings (SSSR count). The monoisotopic (exact) mass is 948 g/mol. The number of amides is 5. The van der Waals surface area contributed by atoms with Crippen molar-refractivity contribution in [1.29, 1.82) is 0 Å². The highest BCUT2D eigenvalue weighted by molar-refractivity contribution is 7.15. The first-order valence-electron chi connectivity index (χ1n) is 24.1. The van der Waals surface area contributed by atoms with E-state index in [1.807, 2.05) is 48.2 Å². The number of thiophene rings is 1. The van der Waals surface area contributed by atoms with Gasteiger partial charge in [0.2, 0.25) is 23.6 Å². The third-order valence-electron chi connectivity index (χ3n) is 14.4. The fourth-order valence-corrected chi connectivity index (χ4v) is 11.7. The molecule has 67 heavy (non-hydrogen) atoms. The smallest absolute Gasteiger partial charge is 0.255 e. The fourth-order valence-electron chi connectivity index (χ4n) is 10.4. The summed E-state index contributed by atoms with van der Waals surface area (Å²) in [6.45, 7) is 13.5. The summed E-state index contributed by atoms with van der Waals surface area (Å²) in [5.74, 6) is 1.43.